The summed E-state index contributed by atoms with van der Waals surface area (Å²) < 4.78 is 26.5. The van der Waals surface area contributed by atoms with Crippen LogP contribution >= 0.6 is 0 Å². The summed E-state index contributed by atoms with van der Waals surface area (Å²) in [7, 11) is 0. The van der Waals surface area contributed by atoms with Crippen molar-refractivity contribution >= 4 is 0 Å². The van der Waals surface area contributed by atoms with Crippen LogP contribution in [0.4, 0.5) is 8.78 Å². The first kappa shape index (κ1) is 15.4. The molecular formula is C17H25F2N. The average Bonchev–Trinajstić information content (AvgIpc) is 2.36. The normalized spacial score (nSPS) is 26.7. The third-order valence-electron chi connectivity index (χ3n) is 4.55. The lowest BCUT2D eigenvalue weighted by Gasteiger charge is -2.37. The van der Waals surface area contributed by atoms with E-state index in [2.05, 4.69) is 6.92 Å². The van der Waals surface area contributed by atoms with Gasteiger partial charge in [0.2, 0.25) is 0 Å². The van der Waals surface area contributed by atoms with E-state index in [9.17, 15) is 8.78 Å². The predicted molar refractivity (Wildman–Crippen MR) is 78.5 cm³/mol. The fourth-order valence-electron chi connectivity index (χ4n) is 3.33. The summed E-state index contributed by atoms with van der Waals surface area (Å²) in [5.41, 5.74) is 6.83. The lowest BCUT2D eigenvalue weighted by molar-refractivity contribution is 0.221. The van der Waals surface area contributed by atoms with E-state index in [1.54, 1.807) is 0 Å². The minimum absolute atomic E-state index is 0.289. The maximum atomic E-state index is 13.2. The van der Waals surface area contributed by atoms with Crippen LogP contribution in [0.5, 0.6) is 0 Å². The summed E-state index contributed by atoms with van der Waals surface area (Å²) in [6, 6.07) is 3.72. The average molecular weight is 281 g/mol. The van der Waals surface area contributed by atoms with Gasteiger partial charge in [0.25, 0.3) is 0 Å². The SMILES string of the molecule is CCCCC1CCC(N)(Cc2cc(F)cc(F)c2)CC1. The van der Waals surface area contributed by atoms with Crippen molar-refractivity contribution in [3.8, 4) is 0 Å². The minimum Gasteiger partial charge on any atom is -0.325 e. The molecule has 1 fully saturated rings. The molecule has 2 rings (SSSR count). The molecule has 0 unspecified atom stereocenters. The number of nitrogens with two attached hydrogens (primary N) is 1. The Balaban J connectivity index is 1.92. The van der Waals surface area contributed by atoms with Gasteiger partial charge in [0.1, 0.15) is 11.6 Å². The zero-order valence-corrected chi connectivity index (χ0v) is 12.3. The zero-order valence-electron chi connectivity index (χ0n) is 12.3. The second-order valence-corrected chi connectivity index (χ2v) is 6.40. The van der Waals surface area contributed by atoms with E-state index in [0.717, 1.165) is 37.7 Å². The van der Waals surface area contributed by atoms with Gasteiger partial charge in [0, 0.05) is 11.6 Å². The molecule has 20 heavy (non-hydrogen) atoms. The topological polar surface area (TPSA) is 26.0 Å². The van der Waals surface area contributed by atoms with Crippen molar-refractivity contribution in [1.82, 2.24) is 0 Å². The lowest BCUT2D eigenvalue weighted by atomic mass is 9.73. The predicted octanol–water partition coefficient (Wildman–Crippen LogP) is 4.59. The maximum absolute atomic E-state index is 13.2. The van der Waals surface area contributed by atoms with Gasteiger partial charge < -0.3 is 5.73 Å². The van der Waals surface area contributed by atoms with Crippen LogP contribution in [0.1, 0.15) is 57.4 Å². The maximum Gasteiger partial charge on any atom is 0.126 e. The first-order chi connectivity index (χ1) is 9.50. The third-order valence-corrected chi connectivity index (χ3v) is 4.55. The number of hydrogen-bond donors (Lipinski definition) is 1. The number of unbranched alkanes of at least 4 members (excludes halogenated alkanes) is 1. The smallest absolute Gasteiger partial charge is 0.126 e. The van der Waals surface area contributed by atoms with Crippen LogP contribution in [-0.2, 0) is 6.42 Å². The first-order valence-electron chi connectivity index (χ1n) is 7.74. The van der Waals surface area contributed by atoms with Crippen molar-refractivity contribution in [2.24, 2.45) is 11.7 Å². The Morgan fingerprint density at radius 1 is 1.15 bits per heavy atom. The van der Waals surface area contributed by atoms with Crippen molar-refractivity contribution < 1.29 is 8.78 Å². The van der Waals surface area contributed by atoms with E-state index in [1.165, 1.54) is 31.4 Å². The highest BCUT2D eigenvalue weighted by Gasteiger charge is 2.31. The summed E-state index contributed by atoms with van der Waals surface area (Å²) in [5.74, 6) is -0.240. The Kier molecular flexibility index (Phi) is 5.14. The molecule has 0 amide bonds. The van der Waals surface area contributed by atoms with Crippen molar-refractivity contribution in [3.63, 3.8) is 0 Å². The molecule has 3 heteroatoms. The Labute approximate surface area is 120 Å². The van der Waals surface area contributed by atoms with Crippen molar-refractivity contribution in [2.75, 3.05) is 0 Å². The highest BCUT2D eigenvalue weighted by Crippen LogP contribution is 2.35. The highest BCUT2D eigenvalue weighted by molar-refractivity contribution is 5.20. The lowest BCUT2D eigenvalue weighted by Crippen LogP contribution is -2.45. The molecule has 1 saturated carbocycles. The Hall–Kier alpha value is -0.960. The monoisotopic (exact) mass is 281 g/mol. The first-order valence-corrected chi connectivity index (χ1v) is 7.74. The van der Waals surface area contributed by atoms with Gasteiger partial charge in [0.05, 0.1) is 0 Å². The van der Waals surface area contributed by atoms with Crippen LogP contribution in [0.15, 0.2) is 18.2 Å². The molecule has 1 aliphatic rings. The van der Waals surface area contributed by atoms with Crippen molar-refractivity contribution in [2.45, 2.75) is 63.8 Å². The number of halogens is 2. The summed E-state index contributed by atoms with van der Waals surface area (Å²) in [4.78, 5) is 0. The Bertz CT molecular complexity index is 416. The second-order valence-electron chi connectivity index (χ2n) is 6.40. The number of rotatable bonds is 5. The van der Waals surface area contributed by atoms with Gasteiger partial charge in [-0.3, -0.25) is 0 Å². The highest BCUT2D eigenvalue weighted by atomic mass is 19.1. The fraction of sp³-hybridized carbons (Fsp3) is 0.647. The minimum atomic E-state index is -0.514. The van der Waals surface area contributed by atoms with E-state index >= 15 is 0 Å². The molecule has 1 aromatic carbocycles. The van der Waals surface area contributed by atoms with E-state index in [0.29, 0.717) is 12.0 Å². The molecule has 0 spiro atoms. The molecule has 0 saturated heterocycles. The van der Waals surface area contributed by atoms with Crippen LogP contribution in [0.25, 0.3) is 0 Å². The summed E-state index contributed by atoms with van der Waals surface area (Å²) >= 11 is 0. The summed E-state index contributed by atoms with van der Waals surface area (Å²) in [6.07, 6.45) is 8.61. The van der Waals surface area contributed by atoms with Crippen LogP contribution in [-0.4, -0.2) is 5.54 Å². The standard InChI is InChI=1S/C17H25F2N/c1-2-3-4-13-5-7-17(20,8-6-13)12-14-9-15(18)11-16(19)10-14/h9-11,13H,2-8,12,20H2,1H3. The van der Waals surface area contributed by atoms with Gasteiger partial charge >= 0.3 is 0 Å². The molecule has 1 aromatic rings. The molecule has 0 atom stereocenters. The largest absolute Gasteiger partial charge is 0.325 e. The van der Waals surface area contributed by atoms with Gasteiger partial charge in [-0.15, -0.1) is 0 Å². The molecule has 1 nitrogen and oxygen atoms in total. The second kappa shape index (κ2) is 6.66. The zero-order chi connectivity index (χ0) is 14.6. The van der Waals surface area contributed by atoms with Crippen molar-refractivity contribution in [1.29, 1.82) is 0 Å². The van der Waals surface area contributed by atoms with Gasteiger partial charge in [0.15, 0.2) is 0 Å². The van der Waals surface area contributed by atoms with Gasteiger partial charge in [-0.1, -0.05) is 26.2 Å². The van der Waals surface area contributed by atoms with Gasteiger partial charge in [-0.25, -0.2) is 8.78 Å². The molecule has 0 aromatic heterocycles. The van der Waals surface area contributed by atoms with E-state index < -0.39 is 11.6 Å². The van der Waals surface area contributed by atoms with Crippen LogP contribution < -0.4 is 5.73 Å². The summed E-state index contributed by atoms with van der Waals surface area (Å²) in [5, 5.41) is 0. The number of benzene rings is 1. The molecule has 0 aliphatic heterocycles. The van der Waals surface area contributed by atoms with Crippen LogP contribution in [0.3, 0.4) is 0 Å². The van der Waals surface area contributed by atoms with E-state index in [-0.39, 0.29) is 5.54 Å². The third kappa shape index (κ3) is 4.27. The number of hydrogen-bond acceptors (Lipinski definition) is 1. The Morgan fingerprint density at radius 2 is 1.75 bits per heavy atom. The van der Waals surface area contributed by atoms with Crippen LogP contribution in [0, 0.1) is 17.6 Å². The molecular weight excluding hydrogens is 256 g/mol. The molecule has 0 bridgehead atoms. The Morgan fingerprint density at radius 3 is 2.30 bits per heavy atom. The quantitative estimate of drug-likeness (QED) is 0.839. The molecule has 1 aliphatic carbocycles. The van der Waals surface area contributed by atoms with Gasteiger partial charge in [-0.2, -0.15) is 0 Å². The van der Waals surface area contributed by atoms with Gasteiger partial charge in [-0.05, 0) is 55.7 Å². The van der Waals surface area contributed by atoms with Crippen LogP contribution in [0.2, 0.25) is 0 Å². The fourth-order valence-corrected chi connectivity index (χ4v) is 3.33. The van der Waals surface area contributed by atoms with Crippen molar-refractivity contribution in [3.05, 3.63) is 35.4 Å². The summed E-state index contributed by atoms with van der Waals surface area (Å²) in [6.45, 7) is 2.22. The molecule has 2 N–H and O–H groups in total. The van der Waals surface area contributed by atoms with E-state index in [1.807, 2.05) is 0 Å². The molecule has 0 radical (unpaired) electrons. The molecule has 0 heterocycles. The molecule has 112 valence electrons. The van der Waals surface area contributed by atoms with E-state index in [4.69, 9.17) is 5.73 Å².